The van der Waals surface area contributed by atoms with Gasteiger partial charge in [0.2, 0.25) is 10.0 Å². The zero-order valence-corrected chi connectivity index (χ0v) is 15.1. The SMILES string of the molecule is O=c1c(S(=O)(=O)N2CCCCCC2)cccn1CCc1ccccc1. The zero-order chi connectivity index (χ0) is 17.7. The van der Waals surface area contributed by atoms with Crippen LogP contribution in [0.2, 0.25) is 0 Å². The van der Waals surface area contributed by atoms with Crippen molar-refractivity contribution in [2.45, 2.75) is 43.5 Å². The van der Waals surface area contributed by atoms with Crippen molar-refractivity contribution in [1.29, 1.82) is 0 Å². The lowest BCUT2D eigenvalue weighted by molar-refractivity contribution is 0.422. The van der Waals surface area contributed by atoms with Crippen LogP contribution in [0.1, 0.15) is 31.2 Å². The van der Waals surface area contributed by atoms with Gasteiger partial charge in [-0.15, -0.1) is 0 Å². The molecule has 2 heterocycles. The molecule has 1 aliphatic rings. The number of aromatic nitrogens is 1. The monoisotopic (exact) mass is 360 g/mol. The van der Waals surface area contributed by atoms with E-state index in [2.05, 4.69) is 0 Å². The Morgan fingerprint density at radius 1 is 0.880 bits per heavy atom. The molecule has 0 unspecified atom stereocenters. The first-order chi connectivity index (χ1) is 12.1. The average molecular weight is 360 g/mol. The molecule has 0 atom stereocenters. The average Bonchev–Trinajstić information content (AvgIpc) is 2.91. The van der Waals surface area contributed by atoms with E-state index in [1.165, 1.54) is 14.9 Å². The van der Waals surface area contributed by atoms with Crippen molar-refractivity contribution >= 4 is 10.0 Å². The summed E-state index contributed by atoms with van der Waals surface area (Å²) in [5.41, 5.74) is 0.692. The van der Waals surface area contributed by atoms with Gasteiger partial charge in [-0.2, -0.15) is 4.31 Å². The smallest absolute Gasteiger partial charge is 0.270 e. The van der Waals surface area contributed by atoms with Crippen molar-refractivity contribution < 1.29 is 8.42 Å². The molecule has 3 rings (SSSR count). The van der Waals surface area contributed by atoms with Gasteiger partial charge in [0.05, 0.1) is 0 Å². The standard InChI is InChI=1S/C19H24N2O3S/c22-19-18(25(23,24)21-14-6-1-2-7-15-21)11-8-13-20(19)16-12-17-9-4-3-5-10-17/h3-5,8-11,13H,1-2,6-7,12,14-16H2. The Bertz CT molecular complexity index is 852. The molecule has 25 heavy (non-hydrogen) atoms. The molecular weight excluding hydrogens is 336 g/mol. The van der Waals surface area contributed by atoms with Crippen LogP contribution in [0.25, 0.3) is 0 Å². The molecule has 1 aromatic carbocycles. The maximum absolute atomic E-state index is 12.9. The van der Waals surface area contributed by atoms with Gasteiger partial charge in [-0.05, 0) is 37.0 Å². The summed E-state index contributed by atoms with van der Waals surface area (Å²) >= 11 is 0. The van der Waals surface area contributed by atoms with Gasteiger partial charge in [-0.1, -0.05) is 43.2 Å². The third-order valence-electron chi connectivity index (χ3n) is 4.65. The van der Waals surface area contributed by atoms with Crippen molar-refractivity contribution in [3.05, 3.63) is 64.6 Å². The molecule has 2 aromatic rings. The maximum Gasteiger partial charge on any atom is 0.270 e. The van der Waals surface area contributed by atoms with Crippen LogP contribution in [0.3, 0.4) is 0 Å². The van der Waals surface area contributed by atoms with Gasteiger partial charge in [-0.3, -0.25) is 4.79 Å². The van der Waals surface area contributed by atoms with Crippen LogP contribution >= 0.6 is 0 Å². The lowest BCUT2D eigenvalue weighted by Crippen LogP contribution is -2.37. The van der Waals surface area contributed by atoms with Crippen LogP contribution in [-0.2, 0) is 23.0 Å². The van der Waals surface area contributed by atoms with Gasteiger partial charge in [0.1, 0.15) is 4.90 Å². The molecule has 0 radical (unpaired) electrons. The van der Waals surface area contributed by atoms with Gasteiger partial charge in [0.15, 0.2) is 0 Å². The second kappa shape index (κ2) is 7.97. The predicted molar refractivity (Wildman–Crippen MR) is 98.1 cm³/mol. The molecule has 134 valence electrons. The molecule has 0 amide bonds. The number of rotatable bonds is 5. The third-order valence-corrected chi connectivity index (χ3v) is 6.56. The molecule has 6 heteroatoms. The molecule has 0 N–H and O–H groups in total. The first kappa shape index (κ1) is 17.9. The molecule has 1 saturated heterocycles. The minimum Gasteiger partial charge on any atom is -0.314 e. The summed E-state index contributed by atoms with van der Waals surface area (Å²) in [5.74, 6) is 0. The predicted octanol–water partition coefficient (Wildman–Crippen LogP) is 2.66. The third kappa shape index (κ3) is 4.19. The number of nitrogens with zero attached hydrogens (tertiary/aromatic N) is 2. The molecule has 0 spiro atoms. The van der Waals surface area contributed by atoms with Gasteiger partial charge in [-0.25, -0.2) is 8.42 Å². The maximum atomic E-state index is 12.9. The molecule has 0 aliphatic carbocycles. The highest BCUT2D eigenvalue weighted by Crippen LogP contribution is 2.18. The largest absolute Gasteiger partial charge is 0.314 e. The lowest BCUT2D eigenvalue weighted by Gasteiger charge is -2.20. The van der Waals surface area contributed by atoms with E-state index < -0.39 is 15.6 Å². The minimum absolute atomic E-state index is 0.107. The Morgan fingerprint density at radius 3 is 2.24 bits per heavy atom. The number of sulfonamides is 1. The fourth-order valence-electron chi connectivity index (χ4n) is 3.20. The van der Waals surface area contributed by atoms with Crippen LogP contribution in [0.5, 0.6) is 0 Å². The fourth-order valence-corrected chi connectivity index (χ4v) is 4.81. The van der Waals surface area contributed by atoms with Crippen molar-refractivity contribution in [2.24, 2.45) is 0 Å². The van der Waals surface area contributed by atoms with Gasteiger partial charge in [0, 0.05) is 25.8 Å². The van der Waals surface area contributed by atoms with E-state index in [-0.39, 0.29) is 4.90 Å². The summed E-state index contributed by atoms with van der Waals surface area (Å²) in [6, 6.07) is 12.9. The van der Waals surface area contributed by atoms with E-state index in [0.29, 0.717) is 26.1 Å². The number of benzene rings is 1. The molecule has 0 bridgehead atoms. The van der Waals surface area contributed by atoms with E-state index in [1.54, 1.807) is 12.3 Å². The summed E-state index contributed by atoms with van der Waals surface area (Å²) < 4.78 is 28.8. The Hall–Kier alpha value is -1.92. The molecule has 1 aliphatic heterocycles. The summed E-state index contributed by atoms with van der Waals surface area (Å²) in [6.45, 7) is 1.47. The first-order valence-corrected chi connectivity index (χ1v) is 10.3. The summed E-state index contributed by atoms with van der Waals surface area (Å²) in [6.07, 6.45) is 6.15. The highest BCUT2D eigenvalue weighted by molar-refractivity contribution is 7.89. The Morgan fingerprint density at radius 2 is 1.56 bits per heavy atom. The fraction of sp³-hybridized carbons (Fsp3) is 0.421. The van der Waals surface area contributed by atoms with E-state index in [9.17, 15) is 13.2 Å². The van der Waals surface area contributed by atoms with Crippen LogP contribution in [-0.4, -0.2) is 30.4 Å². The number of pyridine rings is 1. The number of hydrogen-bond donors (Lipinski definition) is 0. The van der Waals surface area contributed by atoms with E-state index in [4.69, 9.17) is 0 Å². The van der Waals surface area contributed by atoms with Crippen molar-refractivity contribution in [1.82, 2.24) is 8.87 Å². The quantitative estimate of drug-likeness (QED) is 0.824. The number of hydrogen-bond acceptors (Lipinski definition) is 3. The second-order valence-corrected chi connectivity index (χ2v) is 8.33. The van der Waals surface area contributed by atoms with Crippen LogP contribution in [0, 0.1) is 0 Å². The van der Waals surface area contributed by atoms with Crippen LogP contribution < -0.4 is 5.56 Å². The highest BCUT2D eigenvalue weighted by Gasteiger charge is 2.28. The Labute approximate surface area is 149 Å². The summed E-state index contributed by atoms with van der Waals surface area (Å²) in [4.78, 5) is 12.6. The van der Waals surface area contributed by atoms with Crippen LogP contribution in [0.4, 0.5) is 0 Å². The van der Waals surface area contributed by atoms with E-state index >= 15 is 0 Å². The minimum atomic E-state index is -3.72. The molecular formula is C19H24N2O3S. The van der Waals surface area contributed by atoms with Gasteiger partial charge in [0.25, 0.3) is 5.56 Å². The zero-order valence-electron chi connectivity index (χ0n) is 14.3. The van der Waals surface area contributed by atoms with Crippen molar-refractivity contribution in [2.75, 3.05) is 13.1 Å². The lowest BCUT2D eigenvalue weighted by atomic mass is 10.1. The van der Waals surface area contributed by atoms with Crippen molar-refractivity contribution in [3.8, 4) is 0 Å². The summed E-state index contributed by atoms with van der Waals surface area (Å²) in [7, 11) is -3.72. The Kier molecular flexibility index (Phi) is 5.71. The molecule has 5 nitrogen and oxygen atoms in total. The number of aryl methyl sites for hydroxylation is 2. The molecule has 0 saturated carbocycles. The molecule has 1 fully saturated rings. The van der Waals surface area contributed by atoms with Gasteiger partial charge >= 0.3 is 0 Å². The van der Waals surface area contributed by atoms with Crippen molar-refractivity contribution in [3.63, 3.8) is 0 Å². The second-order valence-electron chi connectivity index (χ2n) is 6.42. The van der Waals surface area contributed by atoms with E-state index in [0.717, 1.165) is 31.2 Å². The molecule has 1 aromatic heterocycles. The normalized spacial score (nSPS) is 16.5. The van der Waals surface area contributed by atoms with Crippen LogP contribution in [0.15, 0.2) is 58.4 Å². The highest BCUT2D eigenvalue weighted by atomic mass is 32.2. The topological polar surface area (TPSA) is 59.4 Å². The first-order valence-electron chi connectivity index (χ1n) is 8.82. The Balaban J connectivity index is 1.83. The van der Waals surface area contributed by atoms with E-state index in [1.807, 2.05) is 30.3 Å². The summed E-state index contributed by atoms with van der Waals surface area (Å²) in [5, 5.41) is 0. The van der Waals surface area contributed by atoms with Gasteiger partial charge < -0.3 is 4.57 Å².